The maximum absolute atomic E-state index is 12.0. The van der Waals surface area contributed by atoms with E-state index in [1.54, 1.807) is 30.3 Å². The molecule has 2 aromatic rings. The molecule has 0 saturated carbocycles. The smallest absolute Gasteiger partial charge is 0.291 e. The fourth-order valence-electron chi connectivity index (χ4n) is 1.59. The molecule has 0 unspecified atom stereocenters. The Bertz CT molecular complexity index is 572. The summed E-state index contributed by atoms with van der Waals surface area (Å²) in [7, 11) is 3.04. The topological polar surface area (TPSA) is 60.7 Å². The summed E-state index contributed by atoms with van der Waals surface area (Å²) in [6.45, 7) is 0. The average molecular weight is 326 g/mol. The second-order valence-electron chi connectivity index (χ2n) is 3.60. The van der Waals surface area contributed by atoms with Gasteiger partial charge in [-0.25, -0.2) is 0 Å². The van der Waals surface area contributed by atoms with Crippen LogP contribution in [-0.4, -0.2) is 20.1 Å². The van der Waals surface area contributed by atoms with Crippen molar-refractivity contribution >= 4 is 27.5 Å². The average Bonchev–Trinajstić information content (AvgIpc) is 2.85. The molecule has 6 heteroatoms. The zero-order valence-corrected chi connectivity index (χ0v) is 12.0. The van der Waals surface area contributed by atoms with Gasteiger partial charge in [-0.05, 0) is 40.2 Å². The number of halogens is 1. The molecule has 0 aliphatic heterocycles. The summed E-state index contributed by atoms with van der Waals surface area (Å²) in [5.41, 5.74) is 0.463. The van der Waals surface area contributed by atoms with Crippen molar-refractivity contribution in [3.63, 3.8) is 0 Å². The van der Waals surface area contributed by atoms with E-state index in [1.807, 2.05) is 0 Å². The van der Waals surface area contributed by atoms with E-state index in [2.05, 4.69) is 21.2 Å². The summed E-state index contributed by atoms with van der Waals surface area (Å²) in [4.78, 5) is 12.0. The van der Waals surface area contributed by atoms with E-state index in [0.29, 0.717) is 21.9 Å². The first-order valence-corrected chi connectivity index (χ1v) is 6.22. The third-order valence-electron chi connectivity index (χ3n) is 2.46. The lowest BCUT2D eigenvalue weighted by Crippen LogP contribution is -2.12. The Morgan fingerprint density at radius 1 is 1.16 bits per heavy atom. The number of furan rings is 1. The first-order valence-electron chi connectivity index (χ1n) is 5.43. The van der Waals surface area contributed by atoms with E-state index < -0.39 is 0 Å². The Hall–Kier alpha value is -1.95. The van der Waals surface area contributed by atoms with Crippen molar-refractivity contribution in [3.05, 3.63) is 40.8 Å². The highest BCUT2D eigenvalue weighted by molar-refractivity contribution is 9.10. The molecule has 0 spiro atoms. The SMILES string of the molecule is COc1cccc(OC)c1NC(=O)c1ccc(Br)o1. The number of hydrogen-bond acceptors (Lipinski definition) is 4. The zero-order valence-electron chi connectivity index (χ0n) is 10.4. The maximum atomic E-state index is 12.0. The van der Waals surface area contributed by atoms with Crippen LogP contribution < -0.4 is 14.8 Å². The highest BCUT2D eigenvalue weighted by Crippen LogP contribution is 2.34. The number of methoxy groups -OCH3 is 2. The number of nitrogens with one attached hydrogen (secondary N) is 1. The molecule has 0 aliphatic rings. The van der Waals surface area contributed by atoms with Crippen LogP contribution in [0.1, 0.15) is 10.6 Å². The molecule has 0 aliphatic carbocycles. The summed E-state index contributed by atoms with van der Waals surface area (Å²) < 4.78 is 16.1. The molecule has 0 saturated heterocycles. The van der Waals surface area contributed by atoms with E-state index in [4.69, 9.17) is 13.9 Å². The first kappa shape index (κ1) is 13.5. The molecule has 5 nitrogen and oxygen atoms in total. The number of ether oxygens (including phenoxy) is 2. The number of amides is 1. The number of hydrogen-bond donors (Lipinski definition) is 1. The van der Waals surface area contributed by atoms with Crippen LogP contribution in [0.5, 0.6) is 11.5 Å². The zero-order chi connectivity index (χ0) is 13.8. The van der Waals surface area contributed by atoms with Gasteiger partial charge in [0.15, 0.2) is 10.4 Å². The van der Waals surface area contributed by atoms with E-state index >= 15 is 0 Å². The van der Waals surface area contributed by atoms with Gasteiger partial charge < -0.3 is 19.2 Å². The third-order valence-corrected chi connectivity index (χ3v) is 2.89. The van der Waals surface area contributed by atoms with Crippen molar-refractivity contribution in [1.82, 2.24) is 0 Å². The van der Waals surface area contributed by atoms with Gasteiger partial charge in [0.25, 0.3) is 5.91 Å². The van der Waals surface area contributed by atoms with Crippen molar-refractivity contribution in [2.45, 2.75) is 0 Å². The second kappa shape index (κ2) is 5.79. The van der Waals surface area contributed by atoms with Crippen LogP contribution >= 0.6 is 15.9 Å². The molecule has 0 bridgehead atoms. The van der Waals surface area contributed by atoms with E-state index in [9.17, 15) is 4.79 Å². The second-order valence-corrected chi connectivity index (χ2v) is 4.38. The van der Waals surface area contributed by atoms with Crippen LogP contribution in [0.2, 0.25) is 0 Å². The van der Waals surface area contributed by atoms with Crippen LogP contribution in [0.15, 0.2) is 39.4 Å². The van der Waals surface area contributed by atoms with Gasteiger partial charge in [-0.15, -0.1) is 0 Å². The van der Waals surface area contributed by atoms with Crippen LogP contribution in [0.25, 0.3) is 0 Å². The van der Waals surface area contributed by atoms with Gasteiger partial charge in [0.05, 0.1) is 14.2 Å². The summed E-state index contributed by atoms with van der Waals surface area (Å²) in [6.07, 6.45) is 0. The Morgan fingerprint density at radius 2 is 1.79 bits per heavy atom. The van der Waals surface area contributed by atoms with Crippen LogP contribution in [0, 0.1) is 0 Å². The van der Waals surface area contributed by atoms with E-state index in [-0.39, 0.29) is 11.7 Å². The first-order chi connectivity index (χ1) is 9.15. The lowest BCUT2D eigenvalue weighted by atomic mass is 10.2. The molecule has 1 aromatic carbocycles. The van der Waals surface area contributed by atoms with Gasteiger partial charge in [0, 0.05) is 0 Å². The quantitative estimate of drug-likeness (QED) is 0.936. The van der Waals surface area contributed by atoms with Crippen molar-refractivity contribution in [2.75, 3.05) is 19.5 Å². The summed E-state index contributed by atoms with van der Waals surface area (Å²) >= 11 is 3.15. The van der Waals surface area contributed by atoms with Crippen LogP contribution in [-0.2, 0) is 0 Å². The van der Waals surface area contributed by atoms with Crippen LogP contribution in [0.3, 0.4) is 0 Å². The number of benzene rings is 1. The maximum Gasteiger partial charge on any atom is 0.291 e. The monoisotopic (exact) mass is 325 g/mol. The Balaban J connectivity index is 2.30. The largest absolute Gasteiger partial charge is 0.494 e. The molecular weight excluding hydrogens is 314 g/mol. The normalized spacial score (nSPS) is 10.1. The van der Waals surface area contributed by atoms with Gasteiger partial charge in [-0.3, -0.25) is 4.79 Å². The lowest BCUT2D eigenvalue weighted by Gasteiger charge is -2.13. The standard InChI is InChI=1S/C13H12BrNO4/c1-17-8-4-3-5-9(18-2)12(8)15-13(16)10-6-7-11(14)19-10/h3-7H,1-2H3,(H,15,16). The molecule has 100 valence electrons. The van der Waals surface area contributed by atoms with Gasteiger partial charge in [-0.2, -0.15) is 0 Å². The van der Waals surface area contributed by atoms with E-state index in [0.717, 1.165) is 0 Å². The third kappa shape index (κ3) is 2.90. The summed E-state index contributed by atoms with van der Waals surface area (Å²) in [6, 6.07) is 8.46. The molecule has 1 heterocycles. The fraction of sp³-hybridized carbons (Fsp3) is 0.154. The van der Waals surface area contributed by atoms with Crippen molar-refractivity contribution < 1.29 is 18.7 Å². The minimum absolute atomic E-state index is 0.194. The highest BCUT2D eigenvalue weighted by atomic mass is 79.9. The van der Waals surface area contributed by atoms with Crippen molar-refractivity contribution in [2.24, 2.45) is 0 Å². The highest BCUT2D eigenvalue weighted by Gasteiger charge is 2.16. The van der Waals surface area contributed by atoms with Crippen molar-refractivity contribution in [1.29, 1.82) is 0 Å². The Kier molecular flexibility index (Phi) is 4.11. The van der Waals surface area contributed by atoms with Gasteiger partial charge in [0.2, 0.25) is 0 Å². The Labute approximate surface area is 118 Å². The number of carbonyl (C=O) groups excluding carboxylic acids is 1. The molecule has 0 atom stereocenters. The lowest BCUT2D eigenvalue weighted by molar-refractivity contribution is 0.0994. The Morgan fingerprint density at radius 3 is 2.26 bits per heavy atom. The van der Waals surface area contributed by atoms with Crippen LogP contribution in [0.4, 0.5) is 5.69 Å². The summed E-state index contributed by atoms with van der Waals surface area (Å²) in [5.74, 6) is 0.838. The van der Waals surface area contributed by atoms with Gasteiger partial charge in [0.1, 0.15) is 17.2 Å². The predicted octanol–water partition coefficient (Wildman–Crippen LogP) is 3.31. The molecule has 0 fully saturated rings. The number of para-hydroxylation sites is 1. The minimum atomic E-state index is -0.381. The van der Waals surface area contributed by atoms with Crippen molar-refractivity contribution in [3.8, 4) is 11.5 Å². The molecule has 1 amide bonds. The summed E-state index contributed by atoms with van der Waals surface area (Å²) in [5, 5.41) is 2.71. The molecule has 2 rings (SSSR count). The fourth-order valence-corrected chi connectivity index (χ4v) is 1.89. The number of carbonyl (C=O) groups is 1. The molecular formula is C13H12BrNO4. The molecule has 1 aromatic heterocycles. The molecule has 1 N–H and O–H groups in total. The number of rotatable bonds is 4. The number of anilines is 1. The molecule has 0 radical (unpaired) electrons. The molecule has 19 heavy (non-hydrogen) atoms. The van der Waals surface area contributed by atoms with Gasteiger partial charge >= 0.3 is 0 Å². The minimum Gasteiger partial charge on any atom is -0.494 e. The van der Waals surface area contributed by atoms with E-state index in [1.165, 1.54) is 14.2 Å². The van der Waals surface area contributed by atoms with Gasteiger partial charge in [-0.1, -0.05) is 6.07 Å². The predicted molar refractivity (Wildman–Crippen MR) is 73.9 cm³/mol.